The van der Waals surface area contributed by atoms with Crippen molar-refractivity contribution < 1.29 is 9.59 Å². The van der Waals surface area contributed by atoms with E-state index in [9.17, 15) is 9.59 Å². The second-order valence-electron chi connectivity index (χ2n) is 5.00. The molecule has 0 spiro atoms. The quantitative estimate of drug-likeness (QED) is 0.880. The molecule has 3 rings (SSSR count). The standard InChI is InChI=1S/C15H15N3O2S/c1-10-9-21-13(16-10)8-18-14(19)12(17-15(18)20)7-11-5-3-2-4-6-11/h2-6,9,12H,7-8H2,1H3,(H,17,20)/t12-/m1/s1. The Morgan fingerprint density at radius 2 is 2.05 bits per heavy atom. The van der Waals surface area contributed by atoms with Crippen molar-refractivity contribution in [1.82, 2.24) is 15.2 Å². The van der Waals surface area contributed by atoms with Crippen LogP contribution in [0.5, 0.6) is 0 Å². The third kappa shape index (κ3) is 2.95. The number of urea groups is 1. The molecule has 1 aromatic heterocycles. The average Bonchev–Trinajstić information content (AvgIpc) is 2.99. The van der Waals surface area contributed by atoms with E-state index < -0.39 is 6.04 Å². The number of carbonyl (C=O) groups is 2. The van der Waals surface area contributed by atoms with Gasteiger partial charge in [0.25, 0.3) is 5.91 Å². The van der Waals surface area contributed by atoms with Crippen LogP contribution in [0.25, 0.3) is 0 Å². The van der Waals surface area contributed by atoms with Gasteiger partial charge in [-0.15, -0.1) is 11.3 Å². The average molecular weight is 301 g/mol. The largest absolute Gasteiger partial charge is 0.325 e. The zero-order valence-corrected chi connectivity index (χ0v) is 12.4. The molecule has 0 saturated carbocycles. The lowest BCUT2D eigenvalue weighted by atomic mass is 10.1. The van der Waals surface area contributed by atoms with Gasteiger partial charge < -0.3 is 5.32 Å². The molecule has 1 atom stereocenters. The van der Waals surface area contributed by atoms with Gasteiger partial charge in [0.1, 0.15) is 11.0 Å². The first-order valence-electron chi connectivity index (χ1n) is 6.70. The van der Waals surface area contributed by atoms with Crippen molar-refractivity contribution in [2.24, 2.45) is 0 Å². The van der Waals surface area contributed by atoms with Crippen molar-refractivity contribution in [2.45, 2.75) is 25.9 Å². The zero-order valence-electron chi connectivity index (χ0n) is 11.6. The molecule has 0 aliphatic carbocycles. The summed E-state index contributed by atoms with van der Waals surface area (Å²) in [4.78, 5) is 29.9. The minimum absolute atomic E-state index is 0.184. The van der Waals surface area contributed by atoms with Crippen LogP contribution in [0, 0.1) is 6.92 Å². The molecule has 2 heterocycles. The molecule has 1 aliphatic heterocycles. The van der Waals surface area contributed by atoms with E-state index in [2.05, 4.69) is 10.3 Å². The first-order valence-corrected chi connectivity index (χ1v) is 7.58. The van der Waals surface area contributed by atoms with Gasteiger partial charge in [0, 0.05) is 17.5 Å². The first kappa shape index (κ1) is 13.8. The van der Waals surface area contributed by atoms with Crippen LogP contribution in [0.1, 0.15) is 16.3 Å². The van der Waals surface area contributed by atoms with E-state index >= 15 is 0 Å². The minimum Gasteiger partial charge on any atom is -0.325 e. The molecule has 0 radical (unpaired) electrons. The lowest BCUT2D eigenvalue weighted by Gasteiger charge is -2.11. The molecular weight excluding hydrogens is 286 g/mol. The highest BCUT2D eigenvalue weighted by Crippen LogP contribution is 2.17. The highest BCUT2D eigenvalue weighted by atomic mass is 32.1. The summed E-state index contributed by atoms with van der Waals surface area (Å²) in [6.07, 6.45) is 0.513. The molecular formula is C15H15N3O2S. The number of thiazole rings is 1. The van der Waals surface area contributed by atoms with Crippen LogP contribution in [0.3, 0.4) is 0 Å². The van der Waals surface area contributed by atoms with Crippen molar-refractivity contribution in [2.75, 3.05) is 0 Å². The number of nitrogens with one attached hydrogen (secondary N) is 1. The third-order valence-corrected chi connectivity index (χ3v) is 4.30. The van der Waals surface area contributed by atoms with E-state index in [0.29, 0.717) is 6.42 Å². The fraction of sp³-hybridized carbons (Fsp3) is 0.267. The van der Waals surface area contributed by atoms with E-state index in [1.807, 2.05) is 42.6 Å². The molecule has 0 unspecified atom stereocenters. The predicted molar refractivity (Wildman–Crippen MR) is 79.9 cm³/mol. The van der Waals surface area contributed by atoms with Crippen LogP contribution < -0.4 is 5.32 Å². The number of aromatic nitrogens is 1. The lowest BCUT2D eigenvalue weighted by molar-refractivity contribution is -0.127. The molecule has 2 aromatic rings. The van der Waals surface area contributed by atoms with Crippen LogP contribution >= 0.6 is 11.3 Å². The Hall–Kier alpha value is -2.21. The molecule has 1 aromatic carbocycles. The number of amides is 3. The van der Waals surface area contributed by atoms with Crippen molar-refractivity contribution >= 4 is 23.3 Å². The van der Waals surface area contributed by atoms with Crippen LogP contribution in [-0.4, -0.2) is 27.9 Å². The number of rotatable bonds is 4. The maximum atomic E-state index is 12.4. The van der Waals surface area contributed by atoms with Crippen LogP contribution in [0.4, 0.5) is 4.79 Å². The van der Waals surface area contributed by atoms with Gasteiger partial charge in [0.05, 0.1) is 6.54 Å². The van der Waals surface area contributed by atoms with Crippen molar-refractivity contribution in [3.63, 3.8) is 0 Å². The SMILES string of the molecule is Cc1csc(CN2C(=O)N[C@H](Cc3ccccc3)C2=O)n1. The summed E-state index contributed by atoms with van der Waals surface area (Å²) in [7, 11) is 0. The number of benzene rings is 1. The summed E-state index contributed by atoms with van der Waals surface area (Å²) < 4.78 is 0. The number of nitrogens with zero attached hydrogens (tertiary/aromatic N) is 2. The number of hydrogen-bond donors (Lipinski definition) is 1. The molecule has 1 fully saturated rings. The van der Waals surface area contributed by atoms with Gasteiger partial charge in [-0.3, -0.25) is 9.69 Å². The molecule has 3 amide bonds. The van der Waals surface area contributed by atoms with Crippen molar-refractivity contribution in [1.29, 1.82) is 0 Å². The Morgan fingerprint density at radius 1 is 1.29 bits per heavy atom. The Bertz CT molecular complexity index is 669. The van der Waals surface area contributed by atoms with Gasteiger partial charge in [-0.05, 0) is 12.5 Å². The smallest absolute Gasteiger partial charge is 0.325 e. The van der Waals surface area contributed by atoms with E-state index in [-0.39, 0.29) is 18.5 Å². The number of aryl methyl sites for hydroxylation is 1. The molecule has 6 heteroatoms. The second kappa shape index (κ2) is 5.65. The predicted octanol–water partition coefficient (Wildman–Crippen LogP) is 2.11. The molecule has 21 heavy (non-hydrogen) atoms. The molecule has 5 nitrogen and oxygen atoms in total. The zero-order chi connectivity index (χ0) is 14.8. The fourth-order valence-corrected chi connectivity index (χ4v) is 3.08. The maximum absolute atomic E-state index is 12.4. The topological polar surface area (TPSA) is 62.3 Å². The summed E-state index contributed by atoms with van der Waals surface area (Å²) in [6, 6.07) is 8.85. The van der Waals surface area contributed by atoms with E-state index in [1.54, 1.807) is 0 Å². The molecule has 1 N–H and O–H groups in total. The molecule has 1 aliphatic rings. The van der Waals surface area contributed by atoms with E-state index in [4.69, 9.17) is 0 Å². The molecule has 1 saturated heterocycles. The van der Waals surface area contributed by atoms with Crippen LogP contribution in [-0.2, 0) is 17.8 Å². The number of carbonyl (C=O) groups excluding carboxylic acids is 2. The highest BCUT2D eigenvalue weighted by Gasteiger charge is 2.38. The van der Waals surface area contributed by atoms with Crippen LogP contribution in [0.2, 0.25) is 0 Å². The molecule has 108 valence electrons. The van der Waals surface area contributed by atoms with E-state index in [1.165, 1.54) is 16.2 Å². The Balaban J connectivity index is 1.70. The van der Waals surface area contributed by atoms with Gasteiger partial charge in [-0.1, -0.05) is 30.3 Å². The highest BCUT2D eigenvalue weighted by molar-refractivity contribution is 7.09. The van der Waals surface area contributed by atoms with Gasteiger partial charge in [0.2, 0.25) is 0 Å². The second-order valence-corrected chi connectivity index (χ2v) is 5.94. The third-order valence-electron chi connectivity index (χ3n) is 3.35. The Kier molecular flexibility index (Phi) is 3.70. The molecule has 0 bridgehead atoms. The van der Waals surface area contributed by atoms with Gasteiger partial charge >= 0.3 is 6.03 Å². The monoisotopic (exact) mass is 301 g/mol. The Morgan fingerprint density at radius 3 is 2.71 bits per heavy atom. The normalized spacial score (nSPS) is 18.1. The van der Waals surface area contributed by atoms with Crippen molar-refractivity contribution in [3.05, 3.63) is 52.0 Å². The maximum Gasteiger partial charge on any atom is 0.325 e. The number of hydrogen-bond acceptors (Lipinski definition) is 4. The fourth-order valence-electron chi connectivity index (χ4n) is 2.33. The van der Waals surface area contributed by atoms with E-state index in [0.717, 1.165) is 16.3 Å². The summed E-state index contributed by atoms with van der Waals surface area (Å²) in [5.74, 6) is -0.184. The van der Waals surface area contributed by atoms with Gasteiger partial charge in [0.15, 0.2) is 0 Å². The number of imide groups is 1. The first-order chi connectivity index (χ1) is 10.1. The minimum atomic E-state index is -0.485. The summed E-state index contributed by atoms with van der Waals surface area (Å²) in [5.41, 5.74) is 1.94. The summed E-state index contributed by atoms with van der Waals surface area (Å²) in [5, 5.41) is 5.43. The summed E-state index contributed by atoms with van der Waals surface area (Å²) in [6.45, 7) is 2.14. The van der Waals surface area contributed by atoms with Crippen molar-refractivity contribution in [3.8, 4) is 0 Å². The van der Waals surface area contributed by atoms with Gasteiger partial charge in [-0.25, -0.2) is 9.78 Å². The van der Waals surface area contributed by atoms with Crippen LogP contribution in [0.15, 0.2) is 35.7 Å². The lowest BCUT2D eigenvalue weighted by Crippen LogP contribution is -2.32. The van der Waals surface area contributed by atoms with Gasteiger partial charge in [-0.2, -0.15) is 0 Å². The summed E-state index contributed by atoms with van der Waals surface area (Å²) >= 11 is 1.46. The Labute approximate surface area is 126 Å².